The van der Waals surface area contributed by atoms with Crippen LogP contribution < -0.4 is 5.32 Å². The molecule has 0 fully saturated rings. The summed E-state index contributed by atoms with van der Waals surface area (Å²) in [5.41, 5.74) is 2.27. The second kappa shape index (κ2) is 8.52. The number of carbonyl (C=O) groups is 2. The van der Waals surface area contributed by atoms with Crippen LogP contribution in [0.3, 0.4) is 0 Å². The first-order valence-corrected chi connectivity index (χ1v) is 7.82. The summed E-state index contributed by atoms with van der Waals surface area (Å²) in [7, 11) is 0. The third-order valence-corrected chi connectivity index (χ3v) is 3.67. The minimum Gasteiger partial charge on any atom is -0.346 e. The molecular weight excluding hydrogens is 274 g/mol. The Morgan fingerprint density at radius 2 is 2.00 bits per heavy atom. The van der Waals surface area contributed by atoms with Gasteiger partial charge in [0, 0.05) is 0 Å². The van der Waals surface area contributed by atoms with Crippen molar-refractivity contribution in [2.75, 3.05) is 0 Å². The molecule has 1 N–H and O–H groups in total. The molecule has 2 atom stereocenters. The number of ketones is 1. The van der Waals surface area contributed by atoms with Crippen molar-refractivity contribution in [1.29, 1.82) is 0 Å². The van der Waals surface area contributed by atoms with Crippen molar-refractivity contribution >= 4 is 11.7 Å². The topological polar surface area (TPSA) is 46.2 Å². The van der Waals surface area contributed by atoms with E-state index in [1.165, 1.54) is 12.5 Å². The second-order valence-electron chi connectivity index (χ2n) is 6.34. The number of rotatable bonds is 8. The van der Waals surface area contributed by atoms with E-state index in [0.717, 1.165) is 5.56 Å². The zero-order valence-corrected chi connectivity index (χ0v) is 14.1. The van der Waals surface area contributed by atoms with Gasteiger partial charge >= 0.3 is 0 Å². The van der Waals surface area contributed by atoms with Crippen LogP contribution in [0.5, 0.6) is 0 Å². The van der Waals surface area contributed by atoms with Gasteiger partial charge in [-0.2, -0.15) is 0 Å². The lowest BCUT2D eigenvalue weighted by Gasteiger charge is -2.21. The molecule has 0 aliphatic carbocycles. The molecule has 0 bridgehead atoms. The highest BCUT2D eigenvalue weighted by atomic mass is 16.2. The second-order valence-corrected chi connectivity index (χ2v) is 6.34. The van der Waals surface area contributed by atoms with Crippen molar-refractivity contribution in [3.8, 4) is 0 Å². The molecule has 0 aliphatic heterocycles. The van der Waals surface area contributed by atoms with E-state index in [0.29, 0.717) is 18.8 Å². The van der Waals surface area contributed by atoms with Crippen LogP contribution in [0.25, 0.3) is 0 Å². The normalized spacial score (nSPS) is 13.5. The highest BCUT2D eigenvalue weighted by Gasteiger charge is 2.22. The van der Waals surface area contributed by atoms with Gasteiger partial charge in [-0.25, -0.2) is 0 Å². The van der Waals surface area contributed by atoms with E-state index in [2.05, 4.69) is 18.0 Å². The molecule has 3 nitrogen and oxygen atoms in total. The Morgan fingerprint density at radius 1 is 1.32 bits per heavy atom. The number of hydrogen-bond acceptors (Lipinski definition) is 2. The van der Waals surface area contributed by atoms with E-state index in [-0.39, 0.29) is 17.6 Å². The molecule has 1 amide bonds. The van der Waals surface area contributed by atoms with Gasteiger partial charge in [0.05, 0.1) is 12.0 Å². The quantitative estimate of drug-likeness (QED) is 0.747. The van der Waals surface area contributed by atoms with Crippen LogP contribution in [-0.2, 0) is 16.0 Å². The fraction of sp³-hybridized carbons (Fsp3) is 0.474. The molecule has 1 aromatic rings. The highest BCUT2D eigenvalue weighted by molar-refractivity contribution is 5.89. The average Bonchev–Trinajstić information content (AvgIpc) is 2.43. The summed E-state index contributed by atoms with van der Waals surface area (Å²) < 4.78 is 0. The van der Waals surface area contributed by atoms with Crippen LogP contribution in [0.15, 0.2) is 36.9 Å². The van der Waals surface area contributed by atoms with Crippen molar-refractivity contribution < 1.29 is 9.59 Å². The van der Waals surface area contributed by atoms with Gasteiger partial charge in [0.1, 0.15) is 0 Å². The Kier molecular flexibility index (Phi) is 7.03. The molecule has 22 heavy (non-hydrogen) atoms. The zero-order valence-electron chi connectivity index (χ0n) is 14.1. The van der Waals surface area contributed by atoms with Crippen molar-refractivity contribution in [2.24, 2.45) is 11.8 Å². The molecule has 0 heterocycles. The lowest BCUT2D eigenvalue weighted by molar-refractivity contribution is -0.128. The summed E-state index contributed by atoms with van der Waals surface area (Å²) >= 11 is 0. The number of carbonyl (C=O) groups excluding carboxylic acids is 2. The predicted molar refractivity (Wildman–Crippen MR) is 90.6 cm³/mol. The number of amides is 1. The van der Waals surface area contributed by atoms with Gasteiger partial charge in [-0.1, -0.05) is 49.8 Å². The third kappa shape index (κ3) is 5.84. The van der Waals surface area contributed by atoms with Crippen LogP contribution in [0.2, 0.25) is 0 Å². The van der Waals surface area contributed by atoms with Crippen molar-refractivity contribution in [2.45, 2.75) is 46.6 Å². The molecule has 1 rings (SSSR count). The maximum atomic E-state index is 12.4. The van der Waals surface area contributed by atoms with Crippen LogP contribution in [0, 0.1) is 18.8 Å². The summed E-state index contributed by atoms with van der Waals surface area (Å²) in [6.07, 6.45) is 2.92. The summed E-state index contributed by atoms with van der Waals surface area (Å²) in [5, 5.41) is 2.87. The van der Waals surface area contributed by atoms with Crippen molar-refractivity contribution in [3.05, 3.63) is 48.0 Å². The largest absolute Gasteiger partial charge is 0.346 e. The summed E-state index contributed by atoms with van der Waals surface area (Å²) in [4.78, 5) is 24.1. The molecule has 0 radical (unpaired) electrons. The summed E-state index contributed by atoms with van der Waals surface area (Å²) in [6.45, 7) is 11.4. The Hall–Kier alpha value is -1.90. The first-order valence-electron chi connectivity index (χ1n) is 7.82. The molecule has 0 spiro atoms. The van der Waals surface area contributed by atoms with Gasteiger partial charge in [0.25, 0.3) is 0 Å². The molecule has 1 aromatic carbocycles. The monoisotopic (exact) mass is 301 g/mol. The fourth-order valence-corrected chi connectivity index (χ4v) is 2.45. The van der Waals surface area contributed by atoms with Gasteiger partial charge in [0.2, 0.25) is 5.91 Å². The highest BCUT2D eigenvalue weighted by Crippen LogP contribution is 2.13. The number of nitrogens with one attached hydrogen (secondary N) is 1. The van der Waals surface area contributed by atoms with Crippen LogP contribution in [0.1, 0.15) is 38.3 Å². The molecule has 0 aliphatic rings. The SMILES string of the molecule is C=CC(Cc1cccc(C)c1)C(=O)N[C@@H](CC(C)C)C(C)=O. The first-order chi connectivity index (χ1) is 10.3. The van der Waals surface area contributed by atoms with Crippen LogP contribution in [0.4, 0.5) is 0 Å². The van der Waals surface area contributed by atoms with Gasteiger partial charge in [-0.05, 0) is 38.2 Å². The number of aryl methyl sites for hydroxylation is 1. The smallest absolute Gasteiger partial charge is 0.227 e. The summed E-state index contributed by atoms with van der Waals surface area (Å²) in [5.74, 6) is -0.0956. The number of hydrogen-bond donors (Lipinski definition) is 1. The van der Waals surface area contributed by atoms with E-state index < -0.39 is 6.04 Å². The zero-order chi connectivity index (χ0) is 16.7. The molecule has 3 heteroatoms. The van der Waals surface area contributed by atoms with Crippen LogP contribution >= 0.6 is 0 Å². The molecule has 1 unspecified atom stereocenters. The Bertz CT molecular complexity index is 534. The van der Waals surface area contributed by atoms with Crippen molar-refractivity contribution in [1.82, 2.24) is 5.32 Å². The summed E-state index contributed by atoms with van der Waals surface area (Å²) in [6, 6.07) is 7.68. The minimum absolute atomic E-state index is 0.000387. The number of benzene rings is 1. The van der Waals surface area contributed by atoms with Gasteiger partial charge in [0.15, 0.2) is 5.78 Å². The van der Waals surface area contributed by atoms with Gasteiger partial charge in [-0.15, -0.1) is 6.58 Å². The Labute approximate surface area is 133 Å². The van der Waals surface area contributed by atoms with E-state index in [4.69, 9.17) is 0 Å². The van der Waals surface area contributed by atoms with E-state index in [9.17, 15) is 9.59 Å². The average molecular weight is 301 g/mol. The van der Waals surface area contributed by atoms with Crippen LogP contribution in [-0.4, -0.2) is 17.7 Å². The third-order valence-electron chi connectivity index (χ3n) is 3.67. The standard InChI is InChI=1S/C19H27NO2/c1-6-17(12-16-9-7-8-14(4)11-16)19(22)20-18(15(5)21)10-13(2)3/h6-9,11,13,17-18H,1,10,12H2,2-5H3,(H,20,22)/t17?,18-/m0/s1. The van der Waals surface area contributed by atoms with E-state index in [1.807, 2.05) is 39.0 Å². The lowest BCUT2D eigenvalue weighted by Crippen LogP contribution is -2.43. The van der Waals surface area contributed by atoms with Crippen molar-refractivity contribution in [3.63, 3.8) is 0 Å². The van der Waals surface area contributed by atoms with Gasteiger partial charge < -0.3 is 5.32 Å². The molecule has 120 valence electrons. The fourth-order valence-electron chi connectivity index (χ4n) is 2.45. The minimum atomic E-state index is -0.410. The van der Waals surface area contributed by atoms with Gasteiger partial charge in [-0.3, -0.25) is 9.59 Å². The molecule has 0 saturated carbocycles. The Balaban J connectivity index is 2.74. The maximum Gasteiger partial charge on any atom is 0.227 e. The number of Topliss-reactive ketones (excluding diaryl/α,β-unsaturated/α-hetero) is 1. The first kappa shape index (κ1) is 18.1. The maximum absolute atomic E-state index is 12.4. The van der Waals surface area contributed by atoms with E-state index in [1.54, 1.807) is 6.08 Å². The molecule has 0 aromatic heterocycles. The molecule has 0 saturated heterocycles. The lowest BCUT2D eigenvalue weighted by atomic mass is 9.95. The molecular formula is C19H27NO2. The predicted octanol–water partition coefficient (Wildman–Crippen LogP) is 3.46. The Morgan fingerprint density at radius 3 is 2.50 bits per heavy atom. The van der Waals surface area contributed by atoms with E-state index >= 15 is 0 Å².